The highest BCUT2D eigenvalue weighted by Gasteiger charge is 2.23. The van der Waals surface area contributed by atoms with E-state index in [9.17, 15) is 0 Å². The van der Waals surface area contributed by atoms with Crippen LogP contribution in [0.3, 0.4) is 0 Å². The summed E-state index contributed by atoms with van der Waals surface area (Å²) in [6.07, 6.45) is 0. The minimum atomic E-state index is 0.719. The number of rotatable bonds is 7. The second-order valence-electron chi connectivity index (χ2n) is 13.1. The molecule has 10 aromatic rings. The third kappa shape index (κ3) is 5.64. The predicted molar refractivity (Wildman–Crippen MR) is 232 cm³/mol. The van der Waals surface area contributed by atoms with Gasteiger partial charge in [0.15, 0.2) is 0 Å². The smallest absolute Gasteiger partial charge is 0.0741 e. The van der Waals surface area contributed by atoms with Crippen molar-refractivity contribution in [3.8, 4) is 11.1 Å². The molecule has 0 aliphatic heterocycles. The Morgan fingerprint density at radius 1 is 0.340 bits per heavy atom. The van der Waals surface area contributed by atoms with Gasteiger partial charge in [0.1, 0.15) is 0 Å². The highest BCUT2D eigenvalue weighted by Crippen LogP contribution is 2.50. The number of halogens is 1. The molecular weight excluding hydrogens is 704 g/mol. The molecule has 0 radical (unpaired) electrons. The van der Waals surface area contributed by atoms with Gasteiger partial charge in [-0.05, 0) is 96.1 Å². The molecule has 0 aliphatic rings. The number of fused-ring (bicyclic) bond motifs is 6. The summed E-state index contributed by atoms with van der Waals surface area (Å²) >= 11 is 10.9. The van der Waals surface area contributed by atoms with E-state index in [1.165, 1.54) is 51.5 Å². The molecule has 0 aliphatic carbocycles. The molecule has 10 rings (SSSR count). The van der Waals surface area contributed by atoms with Crippen LogP contribution in [0.2, 0.25) is 5.02 Å². The number of thiophene rings is 2. The fraction of sp³-hybridized carbons (Fsp3) is 0. The lowest BCUT2D eigenvalue weighted by Crippen LogP contribution is -2.10. The standard InChI is InChI=1S/C48H31ClN2S2/c49-42-26-28-44-47(40-24-21-33(29-45(40)53-44)32-13-5-1-6-14-32)48(42)51(36-19-11-4-12-20-36)38-22-25-39-41-30-37(23-27-43(41)52-46(39)31-38)50(34-15-7-2-8-16-34)35-17-9-3-10-18-35/h1-31H. The van der Waals surface area contributed by atoms with Crippen molar-refractivity contribution in [3.05, 3.63) is 193 Å². The summed E-state index contributed by atoms with van der Waals surface area (Å²) in [7, 11) is 0. The molecule has 8 aromatic carbocycles. The van der Waals surface area contributed by atoms with Gasteiger partial charge in [-0.3, -0.25) is 0 Å². The van der Waals surface area contributed by atoms with Crippen LogP contribution >= 0.6 is 34.3 Å². The highest BCUT2D eigenvalue weighted by molar-refractivity contribution is 7.26. The third-order valence-corrected chi connectivity index (χ3v) is 12.4. The van der Waals surface area contributed by atoms with Crippen molar-refractivity contribution in [3.63, 3.8) is 0 Å². The first kappa shape index (κ1) is 31.8. The van der Waals surface area contributed by atoms with Crippen LogP contribution in [-0.2, 0) is 0 Å². The van der Waals surface area contributed by atoms with E-state index in [0.717, 1.165) is 39.1 Å². The van der Waals surface area contributed by atoms with Gasteiger partial charge in [-0.2, -0.15) is 0 Å². The van der Waals surface area contributed by atoms with Crippen LogP contribution in [0, 0.1) is 0 Å². The van der Waals surface area contributed by atoms with Crippen LogP contribution < -0.4 is 9.80 Å². The van der Waals surface area contributed by atoms with Crippen LogP contribution in [0.5, 0.6) is 0 Å². The lowest BCUT2D eigenvalue weighted by Gasteiger charge is -2.27. The highest BCUT2D eigenvalue weighted by atomic mass is 35.5. The second-order valence-corrected chi connectivity index (χ2v) is 15.7. The van der Waals surface area contributed by atoms with Gasteiger partial charge < -0.3 is 9.80 Å². The summed E-state index contributed by atoms with van der Waals surface area (Å²) in [6, 6.07) is 67.1. The molecule has 0 saturated heterocycles. The van der Waals surface area contributed by atoms with Crippen molar-refractivity contribution in [2.45, 2.75) is 0 Å². The molecule has 2 nitrogen and oxygen atoms in total. The van der Waals surface area contributed by atoms with E-state index in [2.05, 4.69) is 192 Å². The van der Waals surface area contributed by atoms with Crippen molar-refractivity contribution in [2.75, 3.05) is 9.80 Å². The average Bonchev–Trinajstić information content (AvgIpc) is 3.78. The minimum absolute atomic E-state index is 0.719. The monoisotopic (exact) mass is 734 g/mol. The van der Waals surface area contributed by atoms with Crippen LogP contribution in [0.15, 0.2) is 188 Å². The van der Waals surface area contributed by atoms with Crippen molar-refractivity contribution in [2.24, 2.45) is 0 Å². The maximum Gasteiger partial charge on any atom is 0.0741 e. The van der Waals surface area contributed by atoms with Crippen LogP contribution in [0.4, 0.5) is 34.1 Å². The van der Waals surface area contributed by atoms with Gasteiger partial charge in [-0.25, -0.2) is 0 Å². The molecule has 2 aromatic heterocycles. The molecule has 0 spiro atoms. The number of anilines is 6. The number of para-hydroxylation sites is 3. The molecule has 0 unspecified atom stereocenters. The van der Waals surface area contributed by atoms with Crippen molar-refractivity contribution in [1.82, 2.24) is 0 Å². The summed E-state index contributed by atoms with van der Waals surface area (Å²) in [4.78, 5) is 4.66. The Morgan fingerprint density at radius 3 is 1.55 bits per heavy atom. The Bertz CT molecular complexity index is 2860. The molecule has 252 valence electrons. The van der Waals surface area contributed by atoms with Crippen LogP contribution in [-0.4, -0.2) is 0 Å². The zero-order valence-electron chi connectivity index (χ0n) is 28.5. The molecule has 0 amide bonds. The first-order valence-electron chi connectivity index (χ1n) is 17.6. The van der Waals surface area contributed by atoms with Gasteiger partial charge >= 0.3 is 0 Å². The Hall–Kier alpha value is -5.91. The van der Waals surface area contributed by atoms with E-state index < -0.39 is 0 Å². The van der Waals surface area contributed by atoms with Gasteiger partial charge in [0, 0.05) is 68.8 Å². The zero-order chi connectivity index (χ0) is 35.3. The third-order valence-electron chi connectivity index (χ3n) is 9.89. The zero-order valence-corrected chi connectivity index (χ0v) is 30.9. The van der Waals surface area contributed by atoms with E-state index in [1.54, 1.807) is 0 Å². The molecule has 0 atom stereocenters. The molecule has 5 heteroatoms. The van der Waals surface area contributed by atoms with E-state index in [0.29, 0.717) is 0 Å². The van der Waals surface area contributed by atoms with Gasteiger partial charge in [0.25, 0.3) is 0 Å². The fourth-order valence-electron chi connectivity index (χ4n) is 7.47. The lowest BCUT2D eigenvalue weighted by molar-refractivity contribution is 1.29. The second kappa shape index (κ2) is 13.3. The van der Waals surface area contributed by atoms with E-state index >= 15 is 0 Å². The van der Waals surface area contributed by atoms with E-state index in [-0.39, 0.29) is 0 Å². The van der Waals surface area contributed by atoms with Crippen LogP contribution in [0.25, 0.3) is 51.5 Å². The largest absolute Gasteiger partial charge is 0.310 e. The molecule has 0 fully saturated rings. The summed E-state index contributed by atoms with van der Waals surface area (Å²) in [5.74, 6) is 0. The van der Waals surface area contributed by atoms with E-state index in [1.807, 2.05) is 28.7 Å². The number of hydrogen-bond donors (Lipinski definition) is 0. The molecular formula is C48H31ClN2S2. The van der Waals surface area contributed by atoms with Gasteiger partial charge in [0.2, 0.25) is 0 Å². The number of hydrogen-bond acceptors (Lipinski definition) is 4. The summed E-state index contributed by atoms with van der Waals surface area (Å²) in [5, 5.41) is 5.58. The topological polar surface area (TPSA) is 6.48 Å². The quantitative estimate of drug-likeness (QED) is 0.161. The summed E-state index contributed by atoms with van der Waals surface area (Å²) in [6.45, 7) is 0. The number of nitrogens with zero attached hydrogens (tertiary/aromatic N) is 2. The first-order chi connectivity index (χ1) is 26.2. The fourth-order valence-corrected chi connectivity index (χ4v) is 9.98. The van der Waals surface area contributed by atoms with Gasteiger partial charge in [-0.15, -0.1) is 22.7 Å². The van der Waals surface area contributed by atoms with Crippen molar-refractivity contribution >= 4 is 109 Å². The van der Waals surface area contributed by atoms with E-state index in [4.69, 9.17) is 11.6 Å². The predicted octanol–water partition coefficient (Wildman–Crippen LogP) is 15.7. The average molecular weight is 735 g/mol. The maximum absolute atomic E-state index is 7.27. The Balaban J connectivity index is 1.13. The van der Waals surface area contributed by atoms with Crippen LogP contribution in [0.1, 0.15) is 0 Å². The molecule has 0 N–H and O–H groups in total. The number of benzene rings is 8. The maximum atomic E-state index is 7.27. The molecule has 0 saturated carbocycles. The first-order valence-corrected chi connectivity index (χ1v) is 19.6. The molecule has 2 heterocycles. The normalized spacial score (nSPS) is 11.5. The Morgan fingerprint density at radius 2 is 0.868 bits per heavy atom. The summed E-state index contributed by atoms with van der Waals surface area (Å²) < 4.78 is 4.94. The summed E-state index contributed by atoms with van der Waals surface area (Å²) in [5.41, 5.74) is 8.94. The van der Waals surface area contributed by atoms with Gasteiger partial charge in [-0.1, -0.05) is 115 Å². The SMILES string of the molecule is Clc1ccc2sc3cc(-c4ccccc4)ccc3c2c1N(c1ccccc1)c1ccc2c(c1)sc1ccc(N(c3ccccc3)c3ccccc3)cc12. The molecule has 0 bridgehead atoms. The minimum Gasteiger partial charge on any atom is -0.310 e. The lowest BCUT2D eigenvalue weighted by atomic mass is 10.0. The van der Waals surface area contributed by atoms with Gasteiger partial charge in [0.05, 0.1) is 10.7 Å². The molecule has 53 heavy (non-hydrogen) atoms. The van der Waals surface area contributed by atoms with Crippen molar-refractivity contribution < 1.29 is 0 Å². The Kier molecular flexibility index (Phi) is 7.95. The Labute approximate surface area is 321 Å². The van der Waals surface area contributed by atoms with Crippen molar-refractivity contribution in [1.29, 1.82) is 0 Å².